The monoisotopic (exact) mass is 317 g/mol. The molecular weight excluding hydrogens is 298 g/mol. The van der Waals surface area contributed by atoms with Crippen molar-refractivity contribution < 1.29 is 13.2 Å². The lowest BCUT2D eigenvalue weighted by atomic mass is 10.2. The quantitative estimate of drug-likeness (QED) is 0.813. The van der Waals surface area contributed by atoms with Crippen molar-refractivity contribution in [2.45, 2.75) is 39.2 Å². The Kier molecular flexibility index (Phi) is 4.74. The van der Waals surface area contributed by atoms with Crippen molar-refractivity contribution in [1.29, 1.82) is 0 Å². The minimum absolute atomic E-state index is 0.0758. The zero-order valence-electron chi connectivity index (χ0n) is 11.7. The first-order chi connectivity index (χ1) is 9.48. The highest BCUT2D eigenvalue weighted by Crippen LogP contribution is 2.22. The number of carbonyl (C=O) groups excluding carboxylic acids is 1. The van der Waals surface area contributed by atoms with Crippen molar-refractivity contribution in [3.8, 4) is 0 Å². The fourth-order valence-corrected chi connectivity index (χ4v) is 4.88. The molecule has 0 spiro atoms. The predicted octanol–water partition coefficient (Wildman–Crippen LogP) is 1.14. The molecule has 6 nitrogen and oxygen atoms in total. The Balaban J connectivity index is 2.23. The minimum Gasteiger partial charge on any atom is -0.334 e. The molecule has 112 valence electrons. The molecule has 1 aliphatic heterocycles. The van der Waals surface area contributed by atoms with Gasteiger partial charge < -0.3 is 4.90 Å². The second kappa shape index (κ2) is 6.17. The number of aromatic nitrogens is 2. The van der Waals surface area contributed by atoms with Crippen LogP contribution in [0.5, 0.6) is 0 Å². The normalized spacial score (nSPS) is 21.0. The summed E-state index contributed by atoms with van der Waals surface area (Å²) in [6.07, 6.45) is 1.98. The van der Waals surface area contributed by atoms with Crippen molar-refractivity contribution in [2.24, 2.45) is 0 Å². The number of carbonyl (C=O) groups is 1. The summed E-state index contributed by atoms with van der Waals surface area (Å²) in [6, 6.07) is -0.209. The highest BCUT2D eigenvalue weighted by molar-refractivity contribution is 7.91. The van der Waals surface area contributed by atoms with Gasteiger partial charge in [0.05, 0.1) is 17.2 Å². The van der Waals surface area contributed by atoms with E-state index in [9.17, 15) is 13.2 Å². The van der Waals surface area contributed by atoms with Gasteiger partial charge in [-0.15, -0.1) is 5.10 Å². The van der Waals surface area contributed by atoms with Gasteiger partial charge in [0.1, 0.15) is 4.88 Å². The van der Waals surface area contributed by atoms with E-state index in [0.717, 1.165) is 18.0 Å². The molecule has 0 bridgehead atoms. The predicted molar refractivity (Wildman–Crippen MR) is 77.7 cm³/mol. The van der Waals surface area contributed by atoms with Gasteiger partial charge in [-0.05, 0) is 30.8 Å². The summed E-state index contributed by atoms with van der Waals surface area (Å²) >= 11 is 1.09. The van der Waals surface area contributed by atoms with Gasteiger partial charge in [0.25, 0.3) is 5.91 Å². The van der Waals surface area contributed by atoms with Crippen LogP contribution in [0.15, 0.2) is 0 Å². The van der Waals surface area contributed by atoms with Gasteiger partial charge in [0.15, 0.2) is 9.84 Å². The highest BCUT2D eigenvalue weighted by Gasteiger charge is 2.35. The Bertz CT molecular complexity index is 583. The van der Waals surface area contributed by atoms with Crippen LogP contribution in [0.1, 0.15) is 42.1 Å². The lowest BCUT2D eigenvalue weighted by Gasteiger charge is -2.27. The highest BCUT2D eigenvalue weighted by atomic mass is 32.2. The van der Waals surface area contributed by atoms with E-state index in [1.54, 1.807) is 4.90 Å². The maximum absolute atomic E-state index is 12.6. The van der Waals surface area contributed by atoms with Crippen molar-refractivity contribution in [3.05, 3.63) is 10.6 Å². The summed E-state index contributed by atoms with van der Waals surface area (Å²) in [5.74, 6) is 0.125. The summed E-state index contributed by atoms with van der Waals surface area (Å²) in [4.78, 5) is 14.9. The molecule has 1 fully saturated rings. The van der Waals surface area contributed by atoms with Gasteiger partial charge >= 0.3 is 0 Å². The summed E-state index contributed by atoms with van der Waals surface area (Å²) < 4.78 is 27.1. The first-order valence-corrected chi connectivity index (χ1v) is 9.40. The SMILES string of the molecule is CCCN(C(=O)c1snnc1CC)[C@@H]1CCS(=O)(=O)C1. The van der Waals surface area contributed by atoms with Crippen molar-refractivity contribution >= 4 is 27.3 Å². The van der Waals surface area contributed by atoms with Crippen LogP contribution in [-0.2, 0) is 16.3 Å². The molecule has 8 heteroatoms. The largest absolute Gasteiger partial charge is 0.334 e. The second-order valence-corrected chi connectivity index (χ2v) is 7.94. The van der Waals surface area contributed by atoms with E-state index in [2.05, 4.69) is 9.59 Å². The molecule has 1 amide bonds. The molecule has 1 saturated heterocycles. The molecule has 1 aromatic rings. The lowest BCUT2D eigenvalue weighted by molar-refractivity contribution is 0.0701. The number of hydrogen-bond acceptors (Lipinski definition) is 6. The molecule has 0 radical (unpaired) electrons. The zero-order chi connectivity index (χ0) is 14.8. The van der Waals surface area contributed by atoms with E-state index < -0.39 is 9.84 Å². The third-order valence-corrected chi connectivity index (χ3v) is 5.97. The fraction of sp³-hybridized carbons (Fsp3) is 0.750. The summed E-state index contributed by atoms with van der Waals surface area (Å²) in [5, 5.41) is 3.96. The van der Waals surface area contributed by atoms with Crippen molar-refractivity contribution in [3.63, 3.8) is 0 Å². The Hall–Kier alpha value is -1.02. The van der Waals surface area contributed by atoms with Crippen LogP contribution in [0.25, 0.3) is 0 Å². The maximum atomic E-state index is 12.6. The molecule has 0 aromatic carbocycles. The Morgan fingerprint density at radius 2 is 2.20 bits per heavy atom. The summed E-state index contributed by atoms with van der Waals surface area (Å²) in [7, 11) is -3.00. The second-order valence-electron chi connectivity index (χ2n) is 4.96. The molecule has 1 aliphatic rings. The smallest absolute Gasteiger partial charge is 0.267 e. The summed E-state index contributed by atoms with van der Waals surface area (Å²) in [5.41, 5.74) is 0.696. The third-order valence-electron chi connectivity index (χ3n) is 3.46. The molecular formula is C12H19N3O3S2. The van der Waals surface area contributed by atoms with Gasteiger partial charge in [0, 0.05) is 12.6 Å². The van der Waals surface area contributed by atoms with Gasteiger partial charge in [-0.1, -0.05) is 18.3 Å². The molecule has 0 saturated carbocycles. The van der Waals surface area contributed by atoms with Gasteiger partial charge in [-0.3, -0.25) is 4.79 Å². The number of rotatable bonds is 5. The van der Waals surface area contributed by atoms with Crippen LogP contribution >= 0.6 is 11.5 Å². The number of hydrogen-bond donors (Lipinski definition) is 0. The number of nitrogens with zero attached hydrogens (tertiary/aromatic N) is 3. The fourth-order valence-electron chi connectivity index (χ4n) is 2.44. The van der Waals surface area contributed by atoms with E-state index in [1.165, 1.54) is 0 Å². The molecule has 0 aliphatic carbocycles. The first-order valence-electron chi connectivity index (χ1n) is 6.81. The number of sulfone groups is 1. The Labute approximate surface area is 123 Å². The first kappa shape index (κ1) is 15.4. The van der Waals surface area contributed by atoms with Crippen LogP contribution in [0, 0.1) is 0 Å². The van der Waals surface area contributed by atoms with Crippen molar-refractivity contribution in [1.82, 2.24) is 14.5 Å². The van der Waals surface area contributed by atoms with E-state index in [-0.39, 0.29) is 23.5 Å². The molecule has 0 unspecified atom stereocenters. The standard InChI is InChI=1S/C12H19N3O3S2/c1-3-6-15(9-5-7-20(17,18)8-9)12(16)11-10(4-2)13-14-19-11/h9H,3-8H2,1-2H3/t9-/m1/s1. The lowest BCUT2D eigenvalue weighted by Crippen LogP contribution is -2.41. The topological polar surface area (TPSA) is 80.2 Å². The summed E-state index contributed by atoms with van der Waals surface area (Å²) in [6.45, 7) is 4.48. The average molecular weight is 317 g/mol. The van der Waals surface area contributed by atoms with Crippen molar-refractivity contribution in [2.75, 3.05) is 18.1 Å². The zero-order valence-corrected chi connectivity index (χ0v) is 13.3. The van der Waals surface area contributed by atoms with E-state index in [1.807, 2.05) is 13.8 Å². The van der Waals surface area contributed by atoms with Gasteiger partial charge in [-0.25, -0.2) is 8.42 Å². The molecule has 0 N–H and O–H groups in total. The van der Waals surface area contributed by atoms with E-state index in [4.69, 9.17) is 0 Å². The maximum Gasteiger partial charge on any atom is 0.267 e. The van der Waals surface area contributed by atoms with Gasteiger partial charge in [-0.2, -0.15) is 0 Å². The average Bonchev–Trinajstić information content (AvgIpc) is 3.01. The molecule has 1 aromatic heterocycles. The van der Waals surface area contributed by atoms with Crippen LogP contribution in [0.3, 0.4) is 0 Å². The van der Waals surface area contributed by atoms with E-state index in [0.29, 0.717) is 30.0 Å². The molecule has 20 heavy (non-hydrogen) atoms. The van der Waals surface area contributed by atoms with Crippen LogP contribution in [-0.4, -0.2) is 52.9 Å². The third kappa shape index (κ3) is 3.17. The number of aryl methyl sites for hydroxylation is 1. The molecule has 2 rings (SSSR count). The van der Waals surface area contributed by atoms with Crippen LogP contribution in [0.4, 0.5) is 0 Å². The molecule has 2 heterocycles. The van der Waals surface area contributed by atoms with E-state index >= 15 is 0 Å². The Morgan fingerprint density at radius 1 is 1.45 bits per heavy atom. The van der Waals surface area contributed by atoms with Gasteiger partial charge in [0.2, 0.25) is 0 Å². The number of amides is 1. The minimum atomic E-state index is -3.00. The van der Waals surface area contributed by atoms with Crippen LogP contribution in [0.2, 0.25) is 0 Å². The molecule has 1 atom stereocenters. The van der Waals surface area contributed by atoms with Crippen LogP contribution < -0.4 is 0 Å². The Morgan fingerprint density at radius 3 is 2.75 bits per heavy atom.